The smallest absolute Gasteiger partial charge is 0.288 e. The minimum absolute atomic E-state index is 0.414. The van der Waals surface area contributed by atoms with Gasteiger partial charge in [-0.25, -0.2) is 0 Å². The molecule has 13 heavy (non-hydrogen) atoms. The largest absolute Gasteiger partial charge is 0.431 e. The summed E-state index contributed by atoms with van der Waals surface area (Å²) in [6.45, 7) is 0. The van der Waals surface area contributed by atoms with E-state index in [0.29, 0.717) is 0 Å². The maximum Gasteiger partial charge on any atom is 0.431 e. The number of thiol groups is 1. The summed E-state index contributed by atoms with van der Waals surface area (Å²) in [6, 6.07) is -0.889. The summed E-state index contributed by atoms with van der Waals surface area (Å²) in [6.07, 6.45) is -4.87. The molecule has 0 aromatic rings. The van der Waals surface area contributed by atoms with Crippen molar-refractivity contribution in [2.45, 2.75) is 18.6 Å². The summed E-state index contributed by atoms with van der Waals surface area (Å²) in [5.74, 6) is 0. The van der Waals surface area contributed by atoms with E-state index < -0.39 is 29.5 Å². The molecule has 0 bridgehead atoms. The van der Waals surface area contributed by atoms with Crippen LogP contribution in [0.15, 0.2) is 5.10 Å². The van der Waals surface area contributed by atoms with Gasteiger partial charge in [0.2, 0.25) is 5.12 Å². The fraction of sp³-hybridized carbons (Fsp3) is 0.667. The highest BCUT2D eigenvalue weighted by atomic mass is 32.1. The van der Waals surface area contributed by atoms with Crippen molar-refractivity contribution >= 4 is 23.5 Å². The Morgan fingerprint density at radius 2 is 2.23 bits per heavy atom. The van der Waals surface area contributed by atoms with Crippen LogP contribution in [0.3, 0.4) is 0 Å². The van der Waals surface area contributed by atoms with Crippen LogP contribution >= 0.6 is 12.6 Å². The number of halogens is 3. The van der Waals surface area contributed by atoms with E-state index in [0.717, 1.165) is 5.01 Å². The first-order valence-corrected chi connectivity index (χ1v) is 3.87. The second kappa shape index (κ2) is 3.21. The van der Waals surface area contributed by atoms with Gasteiger partial charge in [0.25, 0.3) is 0 Å². The summed E-state index contributed by atoms with van der Waals surface area (Å²) in [7, 11) is 1.32. The van der Waals surface area contributed by atoms with Crippen LogP contribution < -0.4 is 0 Å². The normalized spacial score (nSPS) is 23.3. The van der Waals surface area contributed by atoms with Gasteiger partial charge in [-0.1, -0.05) is 0 Å². The minimum atomic E-state index is -4.45. The molecule has 7 heteroatoms. The van der Waals surface area contributed by atoms with E-state index in [4.69, 9.17) is 0 Å². The van der Waals surface area contributed by atoms with Crippen LogP contribution in [-0.2, 0) is 4.79 Å². The van der Waals surface area contributed by atoms with Crippen LogP contribution in [0.4, 0.5) is 13.2 Å². The molecule has 0 saturated heterocycles. The molecule has 0 aliphatic carbocycles. The van der Waals surface area contributed by atoms with Gasteiger partial charge in [0.15, 0.2) is 0 Å². The Bertz CT molecular complexity index is 263. The highest BCUT2D eigenvalue weighted by molar-refractivity contribution is 7.96. The highest BCUT2D eigenvalue weighted by Crippen LogP contribution is 2.27. The molecule has 0 spiro atoms. The van der Waals surface area contributed by atoms with Crippen LogP contribution in [0.5, 0.6) is 0 Å². The number of hydrogen-bond acceptors (Lipinski definition) is 3. The monoisotopic (exact) mass is 212 g/mol. The van der Waals surface area contributed by atoms with Crippen molar-refractivity contribution in [3.8, 4) is 0 Å². The third-order valence-electron chi connectivity index (χ3n) is 1.73. The van der Waals surface area contributed by atoms with Gasteiger partial charge < -0.3 is 0 Å². The number of carbonyl (C=O) groups is 1. The van der Waals surface area contributed by atoms with Gasteiger partial charge in [0, 0.05) is 13.5 Å². The molecular weight excluding hydrogens is 205 g/mol. The van der Waals surface area contributed by atoms with Gasteiger partial charge >= 0.3 is 6.18 Å². The number of likely N-dealkylation sites (N-methyl/N-ethyl adjacent to an activating group) is 1. The molecular formula is C6H7F3N2OS. The molecule has 0 aromatic heterocycles. The zero-order valence-electron chi connectivity index (χ0n) is 6.67. The lowest BCUT2D eigenvalue weighted by Gasteiger charge is -2.13. The van der Waals surface area contributed by atoms with Gasteiger partial charge in [0.1, 0.15) is 11.8 Å². The fourth-order valence-corrected chi connectivity index (χ4v) is 1.29. The van der Waals surface area contributed by atoms with Crippen molar-refractivity contribution in [1.82, 2.24) is 5.01 Å². The zero-order chi connectivity index (χ0) is 10.2. The Morgan fingerprint density at radius 1 is 1.69 bits per heavy atom. The molecule has 1 atom stereocenters. The molecule has 0 amide bonds. The van der Waals surface area contributed by atoms with Crippen molar-refractivity contribution < 1.29 is 18.0 Å². The summed E-state index contributed by atoms with van der Waals surface area (Å²) >= 11 is 3.47. The third-order valence-corrected chi connectivity index (χ3v) is 2.03. The predicted molar refractivity (Wildman–Crippen MR) is 43.7 cm³/mol. The Labute approximate surface area is 78.0 Å². The van der Waals surface area contributed by atoms with Gasteiger partial charge in [-0.3, -0.25) is 9.80 Å². The number of alkyl halides is 3. The van der Waals surface area contributed by atoms with Gasteiger partial charge in [-0.05, 0) is 0 Å². The first-order chi connectivity index (χ1) is 5.82. The van der Waals surface area contributed by atoms with Crippen LogP contribution in [0.1, 0.15) is 6.42 Å². The Hall–Kier alpha value is -0.720. The topological polar surface area (TPSA) is 32.7 Å². The van der Waals surface area contributed by atoms with E-state index in [-0.39, 0.29) is 0 Å². The summed E-state index contributed by atoms with van der Waals surface area (Å²) in [5.41, 5.74) is -0.928. The SMILES string of the molecule is CN1N=C(C(F)(F)F)C[C@@H]1C(=O)S. The maximum absolute atomic E-state index is 12.1. The molecule has 0 fully saturated rings. The van der Waals surface area contributed by atoms with Crippen LogP contribution in [-0.4, -0.2) is 35.1 Å². The first kappa shape index (κ1) is 10.4. The number of hydrogen-bond donors (Lipinski definition) is 1. The quantitative estimate of drug-likeness (QED) is 0.659. The predicted octanol–water partition coefficient (Wildman–Crippen LogP) is 1.07. The minimum Gasteiger partial charge on any atom is -0.288 e. The van der Waals surface area contributed by atoms with E-state index in [1.165, 1.54) is 7.05 Å². The Balaban J connectivity index is 2.77. The molecule has 0 N–H and O–H groups in total. The van der Waals surface area contributed by atoms with Crippen molar-refractivity contribution in [2.24, 2.45) is 5.10 Å². The Morgan fingerprint density at radius 3 is 2.46 bits per heavy atom. The van der Waals surface area contributed by atoms with E-state index in [1.807, 2.05) is 0 Å². The third kappa shape index (κ3) is 2.15. The van der Waals surface area contributed by atoms with Crippen molar-refractivity contribution in [1.29, 1.82) is 0 Å². The number of nitrogens with zero attached hydrogens (tertiary/aromatic N) is 2. The lowest BCUT2D eigenvalue weighted by atomic mass is 10.1. The van der Waals surface area contributed by atoms with Crippen LogP contribution in [0.25, 0.3) is 0 Å². The molecule has 0 aromatic carbocycles. The van der Waals surface area contributed by atoms with Crippen LogP contribution in [0, 0.1) is 0 Å². The number of rotatable bonds is 1. The van der Waals surface area contributed by atoms with Gasteiger partial charge in [-0.15, -0.1) is 12.6 Å². The van der Waals surface area contributed by atoms with E-state index in [9.17, 15) is 18.0 Å². The molecule has 1 rings (SSSR count). The molecule has 0 unspecified atom stereocenters. The molecule has 0 radical (unpaired) electrons. The standard InChI is InChI=1S/C6H7F3N2OS/c1-11-3(5(12)13)2-4(10-11)6(7,8)9/h3H,2H2,1H3,(H,12,13)/t3-/m1/s1. The number of hydrazone groups is 1. The Kier molecular flexibility index (Phi) is 2.56. The second-order valence-electron chi connectivity index (χ2n) is 2.68. The van der Waals surface area contributed by atoms with Crippen molar-refractivity contribution in [2.75, 3.05) is 7.05 Å². The lowest BCUT2D eigenvalue weighted by Crippen LogP contribution is -2.29. The summed E-state index contributed by atoms with van der Waals surface area (Å²) in [4.78, 5) is 10.7. The molecule has 1 aliphatic heterocycles. The molecule has 1 aliphatic rings. The highest BCUT2D eigenvalue weighted by Gasteiger charge is 2.43. The molecule has 74 valence electrons. The molecule has 0 saturated carbocycles. The average molecular weight is 212 g/mol. The van der Waals surface area contributed by atoms with Gasteiger partial charge in [-0.2, -0.15) is 18.3 Å². The number of carbonyl (C=O) groups excluding carboxylic acids is 1. The van der Waals surface area contributed by atoms with E-state index in [1.54, 1.807) is 0 Å². The zero-order valence-corrected chi connectivity index (χ0v) is 7.56. The fourth-order valence-electron chi connectivity index (χ4n) is 1.04. The summed E-state index contributed by atoms with van der Waals surface area (Å²) < 4.78 is 36.2. The van der Waals surface area contributed by atoms with E-state index >= 15 is 0 Å². The maximum atomic E-state index is 12.1. The van der Waals surface area contributed by atoms with Crippen molar-refractivity contribution in [3.63, 3.8) is 0 Å². The van der Waals surface area contributed by atoms with E-state index in [2.05, 4.69) is 17.7 Å². The molecule has 1 heterocycles. The second-order valence-corrected chi connectivity index (χ2v) is 3.12. The van der Waals surface area contributed by atoms with Crippen molar-refractivity contribution in [3.05, 3.63) is 0 Å². The lowest BCUT2D eigenvalue weighted by molar-refractivity contribution is -0.114. The van der Waals surface area contributed by atoms with Crippen LogP contribution in [0.2, 0.25) is 0 Å². The van der Waals surface area contributed by atoms with Gasteiger partial charge in [0.05, 0.1) is 0 Å². The average Bonchev–Trinajstić information content (AvgIpc) is 2.29. The summed E-state index contributed by atoms with van der Waals surface area (Å²) in [5, 5.41) is 3.60. The first-order valence-electron chi connectivity index (χ1n) is 3.42. The molecule has 3 nitrogen and oxygen atoms in total.